The van der Waals surface area contributed by atoms with E-state index in [0.29, 0.717) is 11.8 Å². The van der Waals surface area contributed by atoms with Crippen LogP contribution in [0, 0.1) is 5.92 Å². The van der Waals surface area contributed by atoms with Gasteiger partial charge in [0.1, 0.15) is 0 Å². The van der Waals surface area contributed by atoms with Crippen molar-refractivity contribution >= 4 is 11.3 Å². The van der Waals surface area contributed by atoms with E-state index in [1.165, 1.54) is 41.3 Å². The molecule has 19 heavy (non-hydrogen) atoms. The molecule has 1 aromatic rings. The quantitative estimate of drug-likeness (QED) is 0.830. The van der Waals surface area contributed by atoms with Crippen molar-refractivity contribution < 1.29 is 0 Å². The molecule has 0 aliphatic heterocycles. The van der Waals surface area contributed by atoms with Gasteiger partial charge in [0.05, 0.1) is 10.7 Å². The van der Waals surface area contributed by atoms with Gasteiger partial charge in [-0.2, -0.15) is 0 Å². The molecule has 0 aromatic carbocycles. The summed E-state index contributed by atoms with van der Waals surface area (Å²) in [5.74, 6) is 1.24. The number of nitrogens with one attached hydrogen (secondary N) is 1. The van der Waals surface area contributed by atoms with E-state index in [2.05, 4.69) is 33.0 Å². The molecule has 0 spiro atoms. The molecule has 1 saturated carbocycles. The second kappa shape index (κ2) is 6.85. The molecule has 3 heteroatoms. The van der Waals surface area contributed by atoms with Crippen LogP contribution >= 0.6 is 11.3 Å². The van der Waals surface area contributed by atoms with Crippen molar-refractivity contribution in [3.8, 4) is 0 Å². The maximum absolute atomic E-state index is 4.87. The van der Waals surface area contributed by atoms with Gasteiger partial charge in [0.15, 0.2) is 0 Å². The monoisotopic (exact) mass is 280 g/mol. The number of hydrogen-bond donors (Lipinski definition) is 1. The van der Waals surface area contributed by atoms with Gasteiger partial charge in [0.25, 0.3) is 0 Å². The second-order valence-electron chi connectivity index (χ2n) is 6.53. The highest BCUT2D eigenvalue weighted by Gasteiger charge is 2.18. The third kappa shape index (κ3) is 4.28. The zero-order valence-electron chi connectivity index (χ0n) is 12.8. The molecule has 1 heterocycles. The fraction of sp³-hybridized carbons (Fsp3) is 0.812. The number of hydrogen-bond acceptors (Lipinski definition) is 3. The van der Waals surface area contributed by atoms with Crippen LogP contribution in [0.2, 0.25) is 0 Å². The fourth-order valence-electron chi connectivity index (χ4n) is 2.80. The molecule has 0 radical (unpaired) electrons. The Morgan fingerprint density at radius 1 is 1.21 bits per heavy atom. The van der Waals surface area contributed by atoms with E-state index in [4.69, 9.17) is 4.98 Å². The summed E-state index contributed by atoms with van der Waals surface area (Å²) in [6.07, 6.45) is 6.63. The van der Waals surface area contributed by atoms with Crippen LogP contribution in [0.15, 0.2) is 0 Å². The first-order valence-electron chi connectivity index (χ1n) is 7.78. The Bertz CT molecular complexity index is 389. The first-order valence-corrected chi connectivity index (χ1v) is 8.59. The van der Waals surface area contributed by atoms with Crippen LogP contribution in [0.25, 0.3) is 0 Å². The Labute approximate surface area is 122 Å². The fourth-order valence-corrected chi connectivity index (χ4v) is 4.18. The predicted octanol–water partition coefficient (Wildman–Crippen LogP) is 4.50. The van der Waals surface area contributed by atoms with E-state index in [9.17, 15) is 0 Å². The lowest BCUT2D eigenvalue weighted by atomic mass is 10.1. The van der Waals surface area contributed by atoms with Crippen molar-refractivity contribution in [1.29, 1.82) is 0 Å². The maximum atomic E-state index is 4.87. The van der Waals surface area contributed by atoms with E-state index in [1.807, 2.05) is 11.3 Å². The zero-order chi connectivity index (χ0) is 13.8. The first-order chi connectivity index (χ1) is 9.06. The van der Waals surface area contributed by atoms with Crippen molar-refractivity contribution in [2.24, 2.45) is 5.92 Å². The number of rotatable bonds is 6. The number of nitrogens with zero attached hydrogens (tertiary/aromatic N) is 1. The van der Waals surface area contributed by atoms with Crippen molar-refractivity contribution in [1.82, 2.24) is 10.3 Å². The summed E-state index contributed by atoms with van der Waals surface area (Å²) in [6, 6.07) is 0.746. The molecule has 1 aromatic heterocycles. The summed E-state index contributed by atoms with van der Waals surface area (Å²) in [4.78, 5) is 6.34. The van der Waals surface area contributed by atoms with E-state index in [-0.39, 0.29) is 0 Å². The predicted molar refractivity (Wildman–Crippen MR) is 83.8 cm³/mol. The molecule has 108 valence electrons. The lowest BCUT2D eigenvalue weighted by Crippen LogP contribution is -2.25. The highest BCUT2D eigenvalue weighted by atomic mass is 32.1. The molecule has 0 saturated heterocycles. The molecule has 1 N–H and O–H groups in total. The Kier molecular flexibility index (Phi) is 5.40. The zero-order valence-corrected chi connectivity index (χ0v) is 13.6. The summed E-state index contributed by atoms with van der Waals surface area (Å²) in [7, 11) is 0. The highest BCUT2D eigenvalue weighted by molar-refractivity contribution is 7.11. The summed E-state index contributed by atoms with van der Waals surface area (Å²) in [5, 5.41) is 5.05. The topological polar surface area (TPSA) is 24.9 Å². The summed E-state index contributed by atoms with van der Waals surface area (Å²) in [5.41, 5.74) is 1.33. The summed E-state index contributed by atoms with van der Waals surface area (Å²) >= 11 is 1.93. The van der Waals surface area contributed by atoms with Gasteiger partial charge in [-0.3, -0.25) is 0 Å². The highest BCUT2D eigenvalue weighted by Crippen LogP contribution is 2.27. The van der Waals surface area contributed by atoms with Crippen LogP contribution in [0.5, 0.6) is 0 Å². The molecule has 0 atom stereocenters. The maximum Gasteiger partial charge on any atom is 0.0934 e. The normalized spacial score (nSPS) is 16.9. The molecule has 0 bridgehead atoms. The minimum atomic E-state index is 0.539. The molecule has 1 aliphatic carbocycles. The molecule has 1 aliphatic rings. The van der Waals surface area contributed by atoms with Gasteiger partial charge in [0, 0.05) is 23.9 Å². The van der Waals surface area contributed by atoms with Crippen LogP contribution in [-0.2, 0) is 13.0 Å². The van der Waals surface area contributed by atoms with Crippen LogP contribution in [0.1, 0.15) is 74.9 Å². The van der Waals surface area contributed by atoms with Crippen molar-refractivity contribution in [3.05, 3.63) is 15.6 Å². The van der Waals surface area contributed by atoms with E-state index < -0.39 is 0 Å². The van der Waals surface area contributed by atoms with Crippen LogP contribution in [-0.4, -0.2) is 11.0 Å². The standard InChI is InChI=1S/C16H28N2S/c1-11(2)9-15-18-16(12(3)4)14(19-15)10-17-13-7-5-6-8-13/h11-13,17H,5-10H2,1-4H3. The van der Waals surface area contributed by atoms with Gasteiger partial charge in [-0.25, -0.2) is 4.98 Å². The lowest BCUT2D eigenvalue weighted by Gasteiger charge is -2.12. The third-order valence-electron chi connectivity index (χ3n) is 3.81. The average Bonchev–Trinajstić information content (AvgIpc) is 2.94. The Morgan fingerprint density at radius 2 is 1.89 bits per heavy atom. The number of thiazole rings is 1. The third-order valence-corrected chi connectivity index (χ3v) is 4.90. The summed E-state index contributed by atoms with van der Waals surface area (Å²) in [6.45, 7) is 10.1. The minimum Gasteiger partial charge on any atom is -0.309 e. The van der Waals surface area contributed by atoms with Gasteiger partial charge in [0.2, 0.25) is 0 Å². The molecule has 0 unspecified atom stereocenters. The average molecular weight is 280 g/mol. The van der Waals surface area contributed by atoms with E-state index in [1.54, 1.807) is 0 Å². The van der Waals surface area contributed by atoms with Gasteiger partial charge < -0.3 is 5.32 Å². The second-order valence-corrected chi connectivity index (χ2v) is 7.70. The number of aromatic nitrogens is 1. The van der Waals surface area contributed by atoms with Crippen LogP contribution in [0.3, 0.4) is 0 Å². The molecule has 2 nitrogen and oxygen atoms in total. The Hall–Kier alpha value is -0.410. The van der Waals surface area contributed by atoms with E-state index >= 15 is 0 Å². The largest absolute Gasteiger partial charge is 0.309 e. The Balaban J connectivity index is 2.01. The van der Waals surface area contributed by atoms with Gasteiger partial charge >= 0.3 is 0 Å². The van der Waals surface area contributed by atoms with Crippen molar-refractivity contribution in [2.45, 2.75) is 78.3 Å². The van der Waals surface area contributed by atoms with Crippen molar-refractivity contribution in [2.75, 3.05) is 0 Å². The molecule has 0 amide bonds. The first kappa shape index (κ1) is 15.0. The molecular weight excluding hydrogens is 252 g/mol. The van der Waals surface area contributed by atoms with Gasteiger partial charge in [-0.15, -0.1) is 11.3 Å². The Morgan fingerprint density at radius 3 is 2.47 bits per heavy atom. The van der Waals surface area contributed by atoms with E-state index in [0.717, 1.165) is 19.0 Å². The smallest absolute Gasteiger partial charge is 0.0934 e. The SMILES string of the molecule is CC(C)Cc1nc(C(C)C)c(CNC2CCCC2)s1. The van der Waals surface area contributed by atoms with Crippen molar-refractivity contribution in [3.63, 3.8) is 0 Å². The summed E-state index contributed by atoms with van der Waals surface area (Å²) < 4.78 is 0. The molecule has 2 rings (SSSR count). The van der Waals surface area contributed by atoms with Crippen LogP contribution in [0.4, 0.5) is 0 Å². The lowest BCUT2D eigenvalue weighted by molar-refractivity contribution is 0.524. The van der Waals surface area contributed by atoms with Gasteiger partial charge in [-0.05, 0) is 24.7 Å². The molecular formula is C16H28N2S. The van der Waals surface area contributed by atoms with Gasteiger partial charge in [-0.1, -0.05) is 40.5 Å². The molecule has 1 fully saturated rings. The minimum absolute atomic E-state index is 0.539. The van der Waals surface area contributed by atoms with Crippen LogP contribution < -0.4 is 5.32 Å².